The molecule has 3 nitrogen and oxygen atoms in total. The molecule has 1 heterocycles. The van der Waals surface area contributed by atoms with E-state index in [-0.39, 0.29) is 11.9 Å². The van der Waals surface area contributed by atoms with Crippen LogP contribution < -0.4 is 4.90 Å². The molecule has 1 fully saturated rings. The van der Waals surface area contributed by atoms with Crippen molar-refractivity contribution < 1.29 is 9.37 Å². The maximum atomic E-state index is 12.4. The highest BCUT2D eigenvalue weighted by atomic mass is 79.9. The minimum Gasteiger partial charge on any atom is -0.368 e. The Balaban J connectivity index is 1.95. The van der Waals surface area contributed by atoms with Crippen LogP contribution in [-0.2, 0) is 11.3 Å². The van der Waals surface area contributed by atoms with Gasteiger partial charge in [0.05, 0.1) is 6.04 Å². The van der Waals surface area contributed by atoms with Crippen molar-refractivity contribution in [2.75, 3.05) is 4.90 Å². The molecule has 1 aliphatic rings. The molecule has 2 aromatic rings. The summed E-state index contributed by atoms with van der Waals surface area (Å²) in [6.45, 7) is 4.46. The molecule has 2 aromatic carbocycles. The number of hydrogen-bond acceptors (Lipinski definition) is 1. The van der Waals surface area contributed by atoms with Crippen molar-refractivity contribution in [1.82, 2.24) is 0 Å². The number of anilines is 1. The zero-order chi connectivity index (χ0) is 17.8. The molecule has 0 spiro atoms. The maximum absolute atomic E-state index is 12.4. The van der Waals surface area contributed by atoms with Gasteiger partial charge >= 0.3 is 0 Å². The number of rotatable bonds is 5. The van der Waals surface area contributed by atoms with Gasteiger partial charge in [0.25, 0.3) is 0 Å². The van der Waals surface area contributed by atoms with Crippen molar-refractivity contribution in [1.29, 1.82) is 0 Å². The first kappa shape index (κ1) is 17.5. The number of carbonyl (C=O) groups is 1. The normalized spacial score (nSPS) is 17.8. The SMILES string of the molecule is [CH-][N+](=Cc1cc(Br)ccc1N1C(=O)CC[C@H]1C=C)Cc1ccccc1. The summed E-state index contributed by atoms with van der Waals surface area (Å²) in [5.41, 5.74) is 2.88. The lowest BCUT2D eigenvalue weighted by atomic mass is 10.1. The Morgan fingerprint density at radius 1 is 1.28 bits per heavy atom. The summed E-state index contributed by atoms with van der Waals surface area (Å²) in [4.78, 5) is 14.2. The van der Waals surface area contributed by atoms with Crippen molar-refractivity contribution in [2.24, 2.45) is 0 Å². The van der Waals surface area contributed by atoms with E-state index in [4.69, 9.17) is 7.05 Å². The molecular weight excluding hydrogens is 376 g/mol. The van der Waals surface area contributed by atoms with E-state index >= 15 is 0 Å². The Kier molecular flexibility index (Phi) is 5.39. The fraction of sp³-hybridized carbons (Fsp3) is 0.190. The number of nitrogens with zero attached hydrogens (tertiary/aromatic N) is 2. The van der Waals surface area contributed by atoms with E-state index in [0.29, 0.717) is 13.0 Å². The molecule has 1 saturated heterocycles. The predicted molar refractivity (Wildman–Crippen MR) is 105 cm³/mol. The van der Waals surface area contributed by atoms with Gasteiger partial charge in [-0.15, -0.1) is 6.58 Å². The van der Waals surface area contributed by atoms with E-state index in [1.807, 2.05) is 65.7 Å². The van der Waals surface area contributed by atoms with Crippen molar-refractivity contribution in [3.63, 3.8) is 0 Å². The van der Waals surface area contributed by atoms with Crippen molar-refractivity contribution in [3.8, 4) is 0 Å². The van der Waals surface area contributed by atoms with Crippen LogP contribution >= 0.6 is 15.9 Å². The summed E-state index contributed by atoms with van der Waals surface area (Å²) in [6, 6.07) is 15.9. The Bertz CT molecular complexity index is 814. The standard InChI is InChI=1S/C21H20BrN2O/c1-3-19-10-12-21(25)24(19)20-11-9-18(22)13-17(20)15-23(2)14-16-7-5-4-6-8-16/h2-9,11,13,15,19H,1,10,12,14H2/t19-/m1/s1. The van der Waals surface area contributed by atoms with Crippen molar-refractivity contribution in [2.45, 2.75) is 25.4 Å². The maximum Gasteiger partial charge on any atom is 0.227 e. The first-order valence-corrected chi connectivity index (χ1v) is 9.02. The molecule has 4 heteroatoms. The van der Waals surface area contributed by atoms with Crippen LogP contribution in [0, 0.1) is 7.05 Å². The first-order valence-electron chi connectivity index (χ1n) is 8.23. The second-order valence-electron chi connectivity index (χ2n) is 6.10. The highest BCUT2D eigenvalue weighted by Crippen LogP contribution is 2.31. The fourth-order valence-electron chi connectivity index (χ4n) is 3.11. The minimum atomic E-state index is 0.0289. The van der Waals surface area contributed by atoms with Gasteiger partial charge in [0.2, 0.25) is 5.91 Å². The molecule has 0 unspecified atom stereocenters. The lowest BCUT2D eigenvalue weighted by Crippen LogP contribution is -2.32. The predicted octanol–water partition coefficient (Wildman–Crippen LogP) is 4.43. The number of halogens is 1. The average Bonchev–Trinajstić information content (AvgIpc) is 2.96. The van der Waals surface area contributed by atoms with Gasteiger partial charge in [0, 0.05) is 35.4 Å². The monoisotopic (exact) mass is 395 g/mol. The molecule has 1 radical (unpaired) electrons. The van der Waals surface area contributed by atoms with E-state index in [1.54, 1.807) is 4.58 Å². The summed E-state index contributed by atoms with van der Waals surface area (Å²) in [7, 11) is 6.20. The number of amides is 1. The molecule has 0 N–H and O–H groups in total. The molecular formula is C21H20BrN2O. The smallest absolute Gasteiger partial charge is 0.227 e. The summed E-state index contributed by atoms with van der Waals surface area (Å²) in [6.07, 6.45) is 5.05. The Labute approximate surface area is 157 Å². The van der Waals surface area contributed by atoms with Gasteiger partial charge < -0.3 is 9.48 Å². The van der Waals surface area contributed by atoms with Crippen LogP contribution in [0.4, 0.5) is 5.69 Å². The lowest BCUT2D eigenvalue weighted by Gasteiger charge is -2.25. The molecule has 127 valence electrons. The molecule has 0 bridgehead atoms. The third-order valence-corrected chi connectivity index (χ3v) is 4.78. The minimum absolute atomic E-state index is 0.0289. The fourth-order valence-corrected chi connectivity index (χ4v) is 3.49. The van der Waals surface area contributed by atoms with Gasteiger partial charge in [0.1, 0.15) is 6.54 Å². The molecule has 3 rings (SSSR count). The van der Waals surface area contributed by atoms with E-state index < -0.39 is 0 Å². The third-order valence-electron chi connectivity index (χ3n) is 4.29. The Hall–Kier alpha value is -2.33. The number of benzene rings is 2. The van der Waals surface area contributed by atoms with Gasteiger partial charge in [-0.25, -0.2) is 0 Å². The van der Waals surface area contributed by atoms with Gasteiger partial charge in [-0.3, -0.25) is 4.79 Å². The molecule has 1 aliphatic heterocycles. The molecule has 0 aliphatic carbocycles. The molecule has 1 atom stereocenters. The van der Waals surface area contributed by atoms with E-state index in [1.165, 1.54) is 0 Å². The summed E-state index contributed by atoms with van der Waals surface area (Å²) < 4.78 is 2.58. The zero-order valence-corrected chi connectivity index (χ0v) is 15.5. The highest BCUT2D eigenvalue weighted by Gasteiger charge is 2.30. The number of carbonyl (C=O) groups excluding carboxylic acids is 1. The van der Waals surface area contributed by atoms with Crippen LogP contribution in [0.2, 0.25) is 0 Å². The molecule has 1 amide bonds. The largest absolute Gasteiger partial charge is 0.368 e. The Morgan fingerprint density at radius 2 is 2.04 bits per heavy atom. The van der Waals surface area contributed by atoms with Crippen LogP contribution in [0.5, 0.6) is 0 Å². The topological polar surface area (TPSA) is 23.3 Å². The quantitative estimate of drug-likeness (QED) is 0.241. The van der Waals surface area contributed by atoms with Crippen molar-refractivity contribution >= 4 is 33.7 Å². The zero-order valence-electron chi connectivity index (χ0n) is 13.9. The van der Waals surface area contributed by atoms with Gasteiger partial charge in [-0.05, 0) is 24.1 Å². The van der Waals surface area contributed by atoms with Crippen LogP contribution in [0.25, 0.3) is 0 Å². The van der Waals surface area contributed by atoms with Gasteiger partial charge in [0.15, 0.2) is 0 Å². The highest BCUT2D eigenvalue weighted by molar-refractivity contribution is 9.10. The number of hydrogen-bond donors (Lipinski definition) is 0. The average molecular weight is 396 g/mol. The second kappa shape index (κ2) is 7.70. The molecule has 25 heavy (non-hydrogen) atoms. The van der Waals surface area contributed by atoms with Crippen LogP contribution in [0.3, 0.4) is 0 Å². The Morgan fingerprint density at radius 3 is 2.76 bits per heavy atom. The van der Waals surface area contributed by atoms with E-state index in [9.17, 15) is 4.79 Å². The van der Waals surface area contributed by atoms with Gasteiger partial charge in [-0.1, -0.05) is 58.4 Å². The first-order chi connectivity index (χ1) is 12.1. The van der Waals surface area contributed by atoms with Crippen LogP contribution in [0.15, 0.2) is 65.7 Å². The van der Waals surface area contributed by atoms with E-state index in [0.717, 1.165) is 27.7 Å². The molecule has 0 aromatic heterocycles. The van der Waals surface area contributed by atoms with Crippen LogP contribution in [0.1, 0.15) is 24.0 Å². The van der Waals surface area contributed by atoms with Crippen LogP contribution in [-0.4, -0.2) is 22.7 Å². The summed E-state index contributed by atoms with van der Waals surface area (Å²) >= 11 is 3.51. The third kappa shape index (κ3) is 4.02. The summed E-state index contributed by atoms with van der Waals surface area (Å²) in [5, 5.41) is 0. The summed E-state index contributed by atoms with van der Waals surface area (Å²) in [5.74, 6) is 0.119. The van der Waals surface area contributed by atoms with E-state index in [2.05, 4.69) is 22.5 Å². The van der Waals surface area contributed by atoms with Crippen molar-refractivity contribution in [3.05, 3.63) is 83.8 Å². The molecule has 0 saturated carbocycles. The lowest BCUT2D eigenvalue weighted by molar-refractivity contribution is -0.476. The van der Waals surface area contributed by atoms with Gasteiger partial charge in [-0.2, -0.15) is 0 Å². The second-order valence-corrected chi connectivity index (χ2v) is 7.01.